The van der Waals surface area contributed by atoms with E-state index in [1.165, 1.54) is 31.3 Å². The predicted molar refractivity (Wildman–Crippen MR) is 178 cm³/mol. The molecule has 1 aliphatic rings. The Balaban J connectivity index is 0.000000211. The topological polar surface area (TPSA) is 78.1 Å². The normalized spacial score (nSPS) is 14.2. The van der Waals surface area contributed by atoms with E-state index >= 15 is 0 Å². The second kappa shape index (κ2) is 15.0. The van der Waals surface area contributed by atoms with Gasteiger partial charge in [0.1, 0.15) is 0 Å². The van der Waals surface area contributed by atoms with Crippen molar-refractivity contribution in [3.8, 4) is 22.3 Å². The molecular formula is C38H34F6N4O2. The van der Waals surface area contributed by atoms with E-state index in [1.54, 1.807) is 42.5 Å². The van der Waals surface area contributed by atoms with Crippen molar-refractivity contribution in [3.05, 3.63) is 137 Å². The molecule has 260 valence electrons. The fraction of sp³-hybridized carbons (Fsp3) is 0.237. The van der Waals surface area contributed by atoms with Gasteiger partial charge in [-0.25, -0.2) is 4.98 Å². The number of benzene rings is 4. The van der Waals surface area contributed by atoms with Crippen LogP contribution in [-0.2, 0) is 36.5 Å². The molecule has 5 aromatic rings. The predicted octanol–water partition coefficient (Wildman–Crippen LogP) is 8.59. The van der Waals surface area contributed by atoms with Gasteiger partial charge in [0.05, 0.1) is 23.1 Å². The number of aromatic nitrogens is 2. The lowest BCUT2D eigenvalue weighted by Gasteiger charge is -2.27. The molecule has 1 heterocycles. The highest BCUT2D eigenvalue weighted by molar-refractivity contribution is 6.00. The Morgan fingerprint density at radius 1 is 0.800 bits per heavy atom. The molecule has 0 bridgehead atoms. The van der Waals surface area contributed by atoms with Crippen LogP contribution in [-0.4, -0.2) is 40.8 Å². The summed E-state index contributed by atoms with van der Waals surface area (Å²) < 4.78 is 76.1. The van der Waals surface area contributed by atoms with Gasteiger partial charge < -0.3 is 15.2 Å². The van der Waals surface area contributed by atoms with Crippen LogP contribution in [0.1, 0.15) is 44.9 Å². The Morgan fingerprint density at radius 2 is 1.34 bits per heavy atom. The Bertz CT molecular complexity index is 1930. The first-order chi connectivity index (χ1) is 23.8. The summed E-state index contributed by atoms with van der Waals surface area (Å²) in [7, 11) is 3.28. The number of rotatable bonds is 6. The third kappa shape index (κ3) is 8.42. The van der Waals surface area contributed by atoms with Gasteiger partial charge in [0, 0.05) is 44.2 Å². The summed E-state index contributed by atoms with van der Waals surface area (Å²) in [5, 5.41) is 2.51. The van der Waals surface area contributed by atoms with Crippen molar-refractivity contribution in [3.63, 3.8) is 0 Å². The van der Waals surface area contributed by atoms with E-state index in [-0.39, 0.29) is 17.7 Å². The molecule has 6 rings (SSSR count). The Kier molecular flexibility index (Phi) is 10.8. The highest BCUT2D eigenvalue weighted by atomic mass is 19.4. The number of fused-ring (bicyclic) bond motifs is 1. The van der Waals surface area contributed by atoms with E-state index in [0.717, 1.165) is 59.6 Å². The van der Waals surface area contributed by atoms with Crippen molar-refractivity contribution in [2.75, 3.05) is 14.1 Å². The maximum Gasteiger partial charge on any atom is 0.416 e. The molecule has 6 nitrogen and oxygen atoms in total. The summed E-state index contributed by atoms with van der Waals surface area (Å²) >= 11 is 0. The van der Waals surface area contributed by atoms with Crippen LogP contribution in [0.2, 0.25) is 0 Å². The minimum Gasteiger partial charge on any atom is -0.355 e. The molecule has 50 heavy (non-hydrogen) atoms. The SMILES string of the molecule is CN(Cc1ccccc1-c1ccc(C(F)(F)F)cc1)C(=O)C1CCc2nc[nH]c2C1.CNC(=O)c1ccccc1-c1ccc(C(F)(F)F)cc1. The zero-order valence-corrected chi connectivity index (χ0v) is 27.2. The van der Waals surface area contributed by atoms with Crippen LogP contribution in [0.3, 0.4) is 0 Å². The average Bonchev–Trinajstić information content (AvgIpc) is 3.59. The number of aryl methyl sites for hydroxylation is 1. The molecule has 0 aliphatic heterocycles. The average molecular weight is 693 g/mol. The molecule has 1 atom stereocenters. The highest BCUT2D eigenvalue weighted by Crippen LogP contribution is 2.34. The molecule has 0 saturated carbocycles. The summed E-state index contributed by atoms with van der Waals surface area (Å²) in [6.07, 6.45) is -4.86. The first kappa shape index (κ1) is 35.9. The maximum absolute atomic E-state index is 13.0. The minimum atomic E-state index is -4.36. The summed E-state index contributed by atoms with van der Waals surface area (Å²) in [5.74, 6) is -0.306. The van der Waals surface area contributed by atoms with Crippen LogP contribution in [0, 0.1) is 5.92 Å². The van der Waals surface area contributed by atoms with E-state index in [0.29, 0.717) is 35.2 Å². The van der Waals surface area contributed by atoms with Crippen LogP contribution < -0.4 is 5.32 Å². The van der Waals surface area contributed by atoms with E-state index in [2.05, 4.69) is 15.3 Å². The number of imidazole rings is 1. The van der Waals surface area contributed by atoms with E-state index in [9.17, 15) is 35.9 Å². The first-order valence-corrected chi connectivity index (χ1v) is 15.8. The van der Waals surface area contributed by atoms with Crippen LogP contribution in [0.25, 0.3) is 22.3 Å². The van der Waals surface area contributed by atoms with E-state index in [4.69, 9.17) is 0 Å². The summed E-state index contributed by atoms with van der Waals surface area (Å²) in [6.45, 7) is 0.391. The highest BCUT2D eigenvalue weighted by Gasteiger charge is 2.31. The molecule has 0 spiro atoms. The number of carbonyl (C=O) groups is 2. The molecule has 12 heteroatoms. The standard InChI is InChI=1S/C23H22F3N3O.C15H12F3NO/c1-29(22(30)16-8-11-20-21(12-16)28-14-27-20)13-17-4-2-3-5-19(17)15-6-9-18(10-7-15)23(24,25)26;1-19-14(20)13-5-3-2-4-12(13)10-6-8-11(9-7-10)15(16,17)18/h2-7,9-10,14,16H,8,11-13H2,1H3,(H,27,28);2-9H,1H3,(H,19,20). The number of amides is 2. The molecule has 1 aliphatic carbocycles. The van der Waals surface area contributed by atoms with Crippen molar-refractivity contribution in [2.45, 2.75) is 38.2 Å². The van der Waals surface area contributed by atoms with Gasteiger partial charge in [0.15, 0.2) is 0 Å². The number of halogens is 6. The number of nitrogens with zero attached hydrogens (tertiary/aromatic N) is 2. The quantitative estimate of drug-likeness (QED) is 0.175. The fourth-order valence-electron chi connectivity index (χ4n) is 5.94. The summed E-state index contributed by atoms with van der Waals surface area (Å²) in [5.41, 5.74) is 4.68. The maximum atomic E-state index is 13.0. The third-order valence-corrected chi connectivity index (χ3v) is 8.58. The van der Waals surface area contributed by atoms with Gasteiger partial charge in [-0.2, -0.15) is 26.3 Å². The van der Waals surface area contributed by atoms with Gasteiger partial charge in [0.2, 0.25) is 5.91 Å². The van der Waals surface area contributed by atoms with Crippen molar-refractivity contribution < 1.29 is 35.9 Å². The van der Waals surface area contributed by atoms with Gasteiger partial charge >= 0.3 is 12.4 Å². The van der Waals surface area contributed by atoms with Crippen molar-refractivity contribution in [1.29, 1.82) is 0 Å². The van der Waals surface area contributed by atoms with Gasteiger partial charge in [-0.3, -0.25) is 9.59 Å². The molecular weight excluding hydrogens is 658 g/mol. The number of hydrogen-bond donors (Lipinski definition) is 2. The van der Waals surface area contributed by atoms with Gasteiger partial charge in [-0.15, -0.1) is 0 Å². The molecule has 4 aromatic carbocycles. The zero-order chi connectivity index (χ0) is 36.1. The second-order valence-corrected chi connectivity index (χ2v) is 11.9. The number of aromatic amines is 1. The van der Waals surface area contributed by atoms with Crippen LogP contribution in [0.5, 0.6) is 0 Å². The zero-order valence-electron chi connectivity index (χ0n) is 27.2. The smallest absolute Gasteiger partial charge is 0.355 e. The molecule has 1 aromatic heterocycles. The summed E-state index contributed by atoms with van der Waals surface area (Å²) in [4.78, 5) is 33.8. The second-order valence-electron chi connectivity index (χ2n) is 11.9. The molecule has 2 amide bonds. The lowest BCUT2D eigenvalue weighted by atomic mass is 9.88. The first-order valence-electron chi connectivity index (χ1n) is 15.8. The lowest BCUT2D eigenvalue weighted by Crippen LogP contribution is -2.35. The van der Waals surface area contributed by atoms with Gasteiger partial charge in [-0.1, -0.05) is 66.7 Å². The largest absolute Gasteiger partial charge is 0.416 e. The van der Waals surface area contributed by atoms with Crippen molar-refractivity contribution in [2.24, 2.45) is 5.92 Å². The van der Waals surface area contributed by atoms with Crippen molar-refractivity contribution >= 4 is 11.8 Å². The van der Waals surface area contributed by atoms with Gasteiger partial charge in [-0.05, 0) is 71.0 Å². The van der Waals surface area contributed by atoms with Crippen LogP contribution in [0.15, 0.2) is 103 Å². The Morgan fingerprint density at radius 3 is 1.92 bits per heavy atom. The molecule has 1 unspecified atom stereocenters. The van der Waals surface area contributed by atoms with E-state index < -0.39 is 23.5 Å². The minimum absolute atomic E-state index is 0.0671. The number of carbonyl (C=O) groups excluding carboxylic acids is 2. The number of alkyl halides is 6. The van der Waals surface area contributed by atoms with Gasteiger partial charge in [0.25, 0.3) is 5.91 Å². The van der Waals surface area contributed by atoms with Crippen LogP contribution in [0.4, 0.5) is 26.3 Å². The number of H-pyrrole nitrogens is 1. The fourth-order valence-corrected chi connectivity index (χ4v) is 5.94. The number of hydrogen-bond acceptors (Lipinski definition) is 3. The molecule has 0 fully saturated rings. The van der Waals surface area contributed by atoms with Crippen molar-refractivity contribution in [1.82, 2.24) is 20.2 Å². The van der Waals surface area contributed by atoms with Crippen LogP contribution >= 0.6 is 0 Å². The number of nitrogens with one attached hydrogen (secondary N) is 2. The third-order valence-electron chi connectivity index (χ3n) is 8.58. The Hall–Kier alpha value is -5.39. The molecule has 0 saturated heterocycles. The summed E-state index contributed by atoms with van der Waals surface area (Å²) in [6, 6.07) is 24.2. The molecule has 0 radical (unpaired) electrons. The van der Waals surface area contributed by atoms with E-state index in [1.807, 2.05) is 24.3 Å². The molecule has 2 N–H and O–H groups in total. The Labute approximate surface area is 285 Å². The monoisotopic (exact) mass is 692 g/mol. The lowest BCUT2D eigenvalue weighted by molar-refractivity contribution is -0.138.